The van der Waals surface area contributed by atoms with E-state index in [2.05, 4.69) is 5.32 Å². The normalized spacial score (nSPS) is 13.9. The van der Waals surface area contributed by atoms with Crippen molar-refractivity contribution >= 4 is 52.4 Å². The van der Waals surface area contributed by atoms with Crippen LogP contribution >= 0.6 is 23.2 Å². The first-order valence-corrected chi connectivity index (χ1v) is 9.68. The number of hydrogen-bond donors (Lipinski definition) is 1. The molecule has 0 saturated carbocycles. The zero-order valence-corrected chi connectivity index (χ0v) is 17.9. The van der Waals surface area contributed by atoms with Gasteiger partial charge in [0, 0.05) is 5.02 Å². The number of anilines is 2. The molecule has 0 spiro atoms. The van der Waals surface area contributed by atoms with Gasteiger partial charge >= 0.3 is 5.97 Å². The van der Waals surface area contributed by atoms with Crippen LogP contribution in [0.25, 0.3) is 0 Å². The second-order valence-electron chi connectivity index (χ2n) is 6.61. The Bertz CT molecular complexity index is 1050. The van der Waals surface area contributed by atoms with Crippen LogP contribution in [0.2, 0.25) is 5.02 Å². The van der Waals surface area contributed by atoms with E-state index in [0.717, 1.165) is 4.90 Å². The van der Waals surface area contributed by atoms with Crippen molar-refractivity contribution in [2.45, 2.75) is 20.0 Å². The zero-order chi connectivity index (χ0) is 22.0. The molecule has 1 aliphatic rings. The number of imide groups is 1. The summed E-state index contributed by atoms with van der Waals surface area (Å²) in [6.07, 6.45) is -0.265. The van der Waals surface area contributed by atoms with Crippen molar-refractivity contribution in [1.29, 1.82) is 0 Å². The van der Waals surface area contributed by atoms with E-state index < -0.39 is 17.8 Å². The highest BCUT2D eigenvalue weighted by atomic mass is 35.5. The van der Waals surface area contributed by atoms with E-state index in [-0.39, 0.29) is 22.5 Å². The van der Waals surface area contributed by atoms with Crippen LogP contribution < -0.4 is 15.0 Å². The third-order valence-corrected chi connectivity index (χ3v) is 4.74. The molecular weight excluding hydrogens is 431 g/mol. The Balaban J connectivity index is 1.85. The van der Waals surface area contributed by atoms with Gasteiger partial charge in [0.1, 0.15) is 16.5 Å². The van der Waals surface area contributed by atoms with Crippen LogP contribution in [0.1, 0.15) is 24.2 Å². The highest BCUT2D eigenvalue weighted by Gasteiger charge is 2.39. The van der Waals surface area contributed by atoms with Gasteiger partial charge in [-0.1, -0.05) is 23.2 Å². The van der Waals surface area contributed by atoms with E-state index >= 15 is 0 Å². The second-order valence-corrected chi connectivity index (χ2v) is 7.42. The van der Waals surface area contributed by atoms with Crippen LogP contribution in [-0.2, 0) is 14.3 Å². The molecule has 2 aromatic carbocycles. The van der Waals surface area contributed by atoms with Gasteiger partial charge in [-0.25, -0.2) is 9.69 Å². The Morgan fingerprint density at radius 1 is 1.03 bits per heavy atom. The molecular formula is C21H18Cl2N2O5. The van der Waals surface area contributed by atoms with Crippen molar-refractivity contribution in [3.63, 3.8) is 0 Å². The van der Waals surface area contributed by atoms with Crippen molar-refractivity contribution in [3.8, 4) is 5.75 Å². The quantitative estimate of drug-likeness (QED) is 0.522. The molecule has 0 aromatic heterocycles. The fourth-order valence-electron chi connectivity index (χ4n) is 2.79. The van der Waals surface area contributed by atoms with Gasteiger partial charge in [-0.3, -0.25) is 9.59 Å². The number of amides is 2. The van der Waals surface area contributed by atoms with E-state index in [1.54, 1.807) is 32.0 Å². The third kappa shape index (κ3) is 4.27. The number of carbonyl (C=O) groups excluding carboxylic acids is 3. The Morgan fingerprint density at radius 2 is 1.70 bits per heavy atom. The molecule has 2 aromatic rings. The SMILES string of the molecule is COc1ccc(Cl)cc1NC1=C(Cl)C(=O)N(c2ccc(C(=O)OC(C)C)cc2)C1=O. The van der Waals surface area contributed by atoms with Crippen molar-refractivity contribution < 1.29 is 23.9 Å². The summed E-state index contributed by atoms with van der Waals surface area (Å²) in [5.41, 5.74) is 0.838. The lowest BCUT2D eigenvalue weighted by Crippen LogP contribution is -2.32. The summed E-state index contributed by atoms with van der Waals surface area (Å²) in [5, 5.41) is 2.97. The van der Waals surface area contributed by atoms with Crippen molar-refractivity contribution in [3.05, 3.63) is 63.8 Å². The number of rotatable bonds is 6. The average Bonchev–Trinajstić information content (AvgIpc) is 2.91. The molecule has 2 amide bonds. The van der Waals surface area contributed by atoms with Gasteiger partial charge in [0.15, 0.2) is 0 Å². The van der Waals surface area contributed by atoms with Gasteiger partial charge in [-0.2, -0.15) is 0 Å². The summed E-state index contributed by atoms with van der Waals surface area (Å²) in [6, 6.07) is 10.7. The molecule has 9 heteroatoms. The van der Waals surface area contributed by atoms with Crippen LogP contribution in [0, 0.1) is 0 Å². The molecule has 30 heavy (non-hydrogen) atoms. The van der Waals surface area contributed by atoms with Crippen LogP contribution in [-0.4, -0.2) is 31.0 Å². The average molecular weight is 449 g/mol. The minimum atomic E-state index is -0.692. The number of halogens is 2. The maximum absolute atomic E-state index is 12.9. The van der Waals surface area contributed by atoms with Gasteiger partial charge in [0.2, 0.25) is 0 Å². The Morgan fingerprint density at radius 3 is 2.30 bits per heavy atom. The number of carbonyl (C=O) groups is 3. The minimum absolute atomic E-state index is 0.106. The highest BCUT2D eigenvalue weighted by molar-refractivity contribution is 6.53. The number of benzene rings is 2. The Hall–Kier alpha value is -3.03. The Labute approximate surface area is 183 Å². The number of nitrogens with one attached hydrogen (secondary N) is 1. The number of methoxy groups -OCH3 is 1. The van der Waals surface area contributed by atoms with Gasteiger partial charge < -0.3 is 14.8 Å². The zero-order valence-electron chi connectivity index (χ0n) is 16.4. The molecule has 1 heterocycles. The summed E-state index contributed by atoms with van der Waals surface area (Å²) in [5.74, 6) is -1.42. The fraction of sp³-hybridized carbons (Fsp3) is 0.190. The van der Waals surface area contributed by atoms with Crippen LogP contribution in [0.5, 0.6) is 5.75 Å². The lowest BCUT2D eigenvalue weighted by atomic mass is 10.2. The van der Waals surface area contributed by atoms with E-state index in [0.29, 0.717) is 22.0 Å². The van der Waals surface area contributed by atoms with E-state index in [4.69, 9.17) is 32.7 Å². The monoisotopic (exact) mass is 448 g/mol. The molecule has 0 aliphatic carbocycles. The molecule has 0 unspecified atom stereocenters. The van der Waals surface area contributed by atoms with Gasteiger partial charge in [0.05, 0.1) is 30.2 Å². The predicted molar refractivity (Wildman–Crippen MR) is 114 cm³/mol. The number of nitrogens with zero attached hydrogens (tertiary/aromatic N) is 1. The lowest BCUT2D eigenvalue weighted by molar-refractivity contribution is -0.120. The first-order chi connectivity index (χ1) is 14.2. The molecule has 7 nitrogen and oxygen atoms in total. The van der Waals surface area contributed by atoms with E-state index in [9.17, 15) is 14.4 Å². The maximum atomic E-state index is 12.9. The van der Waals surface area contributed by atoms with Gasteiger partial charge in [0.25, 0.3) is 11.8 Å². The number of ether oxygens (including phenoxy) is 2. The first-order valence-electron chi connectivity index (χ1n) is 8.93. The van der Waals surface area contributed by atoms with Crippen molar-refractivity contribution in [2.75, 3.05) is 17.3 Å². The topological polar surface area (TPSA) is 84.9 Å². The summed E-state index contributed by atoms with van der Waals surface area (Å²) in [6.45, 7) is 3.48. The summed E-state index contributed by atoms with van der Waals surface area (Å²) >= 11 is 12.2. The first kappa shape index (κ1) is 21.7. The minimum Gasteiger partial charge on any atom is -0.495 e. The lowest BCUT2D eigenvalue weighted by Gasteiger charge is -2.16. The highest BCUT2D eigenvalue weighted by Crippen LogP contribution is 2.34. The van der Waals surface area contributed by atoms with E-state index in [1.165, 1.54) is 31.4 Å². The van der Waals surface area contributed by atoms with Crippen molar-refractivity contribution in [1.82, 2.24) is 0 Å². The molecule has 156 valence electrons. The Kier molecular flexibility index (Phi) is 6.34. The van der Waals surface area contributed by atoms with Crippen LogP contribution in [0.15, 0.2) is 53.2 Å². The van der Waals surface area contributed by atoms with E-state index in [1.807, 2.05) is 0 Å². The van der Waals surface area contributed by atoms with Crippen LogP contribution in [0.4, 0.5) is 11.4 Å². The van der Waals surface area contributed by atoms with Crippen LogP contribution in [0.3, 0.4) is 0 Å². The molecule has 1 N–H and O–H groups in total. The third-order valence-electron chi connectivity index (χ3n) is 4.15. The smallest absolute Gasteiger partial charge is 0.338 e. The van der Waals surface area contributed by atoms with Gasteiger partial charge in [-0.05, 0) is 56.3 Å². The second kappa shape index (κ2) is 8.77. The molecule has 0 saturated heterocycles. The standard InChI is InChI=1S/C21H18Cl2N2O5/c1-11(2)30-21(28)12-4-7-14(8-5-12)25-19(26)17(23)18(20(25)27)24-15-10-13(22)6-9-16(15)29-3/h4-11,24H,1-3H3. The molecule has 3 rings (SSSR count). The number of esters is 1. The predicted octanol–water partition coefficient (Wildman–Crippen LogP) is 4.35. The number of hydrogen-bond acceptors (Lipinski definition) is 6. The fourth-order valence-corrected chi connectivity index (χ4v) is 3.17. The molecule has 0 radical (unpaired) electrons. The molecule has 0 atom stereocenters. The largest absolute Gasteiger partial charge is 0.495 e. The summed E-state index contributed by atoms with van der Waals surface area (Å²) in [7, 11) is 1.46. The van der Waals surface area contributed by atoms with Crippen molar-refractivity contribution in [2.24, 2.45) is 0 Å². The molecule has 0 bridgehead atoms. The molecule has 0 fully saturated rings. The van der Waals surface area contributed by atoms with Gasteiger partial charge in [-0.15, -0.1) is 0 Å². The maximum Gasteiger partial charge on any atom is 0.338 e. The summed E-state index contributed by atoms with van der Waals surface area (Å²) < 4.78 is 10.4. The molecule has 1 aliphatic heterocycles. The summed E-state index contributed by atoms with van der Waals surface area (Å²) in [4.78, 5) is 38.4.